The fraction of sp³-hybridized carbons (Fsp3) is 0.333. The topological polar surface area (TPSA) is 74.6 Å². The van der Waals surface area contributed by atoms with Gasteiger partial charge in [0.2, 0.25) is 0 Å². The van der Waals surface area contributed by atoms with Crippen LogP contribution < -0.4 is 0 Å². The molecule has 0 heterocycles. The van der Waals surface area contributed by atoms with Crippen molar-refractivity contribution in [3.05, 3.63) is 34.9 Å². The predicted octanol–water partition coefficient (Wildman–Crippen LogP) is 2.45. The Bertz CT molecular complexity index is 627. The van der Waals surface area contributed by atoms with E-state index in [0.29, 0.717) is 12.8 Å². The Labute approximate surface area is 110 Å². The standard InChI is InChI=1S/C15H14O4/c1-7-2-3-8-9(6-7)15(19)13-11(17)5-4-10(16)12(13)14(8)18/h2,4-5,8-9,16-17H,3,6H2,1H3. The number of phenols is 2. The van der Waals surface area contributed by atoms with E-state index in [9.17, 15) is 19.8 Å². The quantitative estimate of drug-likeness (QED) is 0.553. The summed E-state index contributed by atoms with van der Waals surface area (Å²) in [7, 11) is 0. The van der Waals surface area contributed by atoms with Crippen LogP contribution in [0.4, 0.5) is 0 Å². The predicted molar refractivity (Wildman–Crippen MR) is 68.4 cm³/mol. The third-order valence-electron chi connectivity index (χ3n) is 4.08. The Morgan fingerprint density at radius 3 is 2.11 bits per heavy atom. The molecule has 1 aromatic rings. The van der Waals surface area contributed by atoms with Crippen molar-refractivity contribution in [1.29, 1.82) is 0 Å². The van der Waals surface area contributed by atoms with Gasteiger partial charge >= 0.3 is 0 Å². The van der Waals surface area contributed by atoms with Gasteiger partial charge in [-0.25, -0.2) is 0 Å². The van der Waals surface area contributed by atoms with Gasteiger partial charge in [0, 0.05) is 11.8 Å². The van der Waals surface area contributed by atoms with Crippen molar-refractivity contribution in [2.45, 2.75) is 19.8 Å². The highest BCUT2D eigenvalue weighted by molar-refractivity contribution is 6.18. The number of fused-ring (bicyclic) bond motifs is 2. The Morgan fingerprint density at radius 2 is 1.53 bits per heavy atom. The first-order chi connectivity index (χ1) is 9.00. The fourth-order valence-corrected chi connectivity index (χ4v) is 3.08. The van der Waals surface area contributed by atoms with Gasteiger partial charge in [-0.2, -0.15) is 0 Å². The number of rotatable bonds is 0. The Balaban J connectivity index is 2.21. The number of Topliss-reactive ketones (excluding diaryl/α,β-unsaturated/α-hetero) is 2. The summed E-state index contributed by atoms with van der Waals surface area (Å²) in [5, 5.41) is 19.6. The molecule has 0 fully saturated rings. The number of carbonyl (C=O) groups is 2. The smallest absolute Gasteiger partial charge is 0.171 e. The Hall–Kier alpha value is -2.10. The third kappa shape index (κ3) is 1.59. The van der Waals surface area contributed by atoms with Crippen LogP contribution in [-0.4, -0.2) is 21.8 Å². The lowest BCUT2D eigenvalue weighted by Crippen LogP contribution is -2.38. The first-order valence-electron chi connectivity index (χ1n) is 6.29. The van der Waals surface area contributed by atoms with Gasteiger partial charge in [0.15, 0.2) is 11.6 Å². The number of ketones is 2. The molecule has 0 saturated heterocycles. The Morgan fingerprint density at radius 1 is 1.00 bits per heavy atom. The molecule has 2 aliphatic carbocycles. The van der Waals surface area contributed by atoms with Crippen molar-refractivity contribution < 1.29 is 19.8 Å². The molecule has 2 N–H and O–H groups in total. The Kier molecular flexibility index (Phi) is 2.49. The second-order valence-corrected chi connectivity index (χ2v) is 5.29. The van der Waals surface area contributed by atoms with Crippen molar-refractivity contribution >= 4 is 11.6 Å². The largest absolute Gasteiger partial charge is 0.507 e. The average Bonchev–Trinajstić information content (AvgIpc) is 2.38. The maximum Gasteiger partial charge on any atom is 0.171 e. The minimum Gasteiger partial charge on any atom is -0.507 e. The number of aromatic hydroxyl groups is 2. The van der Waals surface area contributed by atoms with E-state index in [4.69, 9.17) is 0 Å². The molecule has 0 spiro atoms. The molecule has 98 valence electrons. The van der Waals surface area contributed by atoms with Gasteiger partial charge in [-0.15, -0.1) is 0 Å². The normalized spacial score (nSPS) is 25.6. The van der Waals surface area contributed by atoms with Crippen LogP contribution in [-0.2, 0) is 0 Å². The van der Waals surface area contributed by atoms with Gasteiger partial charge in [-0.3, -0.25) is 9.59 Å². The summed E-state index contributed by atoms with van der Waals surface area (Å²) < 4.78 is 0. The van der Waals surface area contributed by atoms with Gasteiger partial charge in [0.25, 0.3) is 0 Å². The molecule has 0 aliphatic heterocycles. The second-order valence-electron chi connectivity index (χ2n) is 5.29. The van der Waals surface area contributed by atoms with Crippen LogP contribution in [0.25, 0.3) is 0 Å². The van der Waals surface area contributed by atoms with Crippen molar-refractivity contribution in [1.82, 2.24) is 0 Å². The second kappa shape index (κ2) is 3.95. The van der Waals surface area contributed by atoms with E-state index in [1.165, 1.54) is 12.1 Å². The van der Waals surface area contributed by atoms with Crippen LogP contribution in [0.1, 0.15) is 40.5 Å². The summed E-state index contributed by atoms with van der Waals surface area (Å²) in [4.78, 5) is 24.9. The van der Waals surface area contributed by atoms with E-state index in [1.807, 2.05) is 13.0 Å². The van der Waals surface area contributed by atoms with Gasteiger partial charge in [-0.1, -0.05) is 11.6 Å². The van der Waals surface area contributed by atoms with E-state index < -0.39 is 11.8 Å². The van der Waals surface area contributed by atoms with Gasteiger partial charge in [0.05, 0.1) is 11.1 Å². The number of carbonyl (C=O) groups excluding carboxylic acids is 2. The summed E-state index contributed by atoms with van der Waals surface area (Å²) in [6, 6.07) is 2.51. The summed E-state index contributed by atoms with van der Waals surface area (Å²) in [5.74, 6) is -1.74. The van der Waals surface area contributed by atoms with Crippen molar-refractivity contribution in [2.24, 2.45) is 11.8 Å². The van der Waals surface area contributed by atoms with E-state index in [2.05, 4.69) is 0 Å². The maximum atomic E-state index is 12.5. The maximum absolute atomic E-state index is 12.5. The molecule has 0 radical (unpaired) electrons. The zero-order valence-corrected chi connectivity index (χ0v) is 10.5. The van der Waals surface area contributed by atoms with Crippen LogP contribution in [0, 0.1) is 11.8 Å². The molecule has 2 unspecified atom stereocenters. The SMILES string of the molecule is CC1=CCC2C(=O)c3c(O)ccc(O)c3C(=O)C2C1. The summed E-state index contributed by atoms with van der Waals surface area (Å²) in [6.07, 6.45) is 3.04. The van der Waals surface area contributed by atoms with Crippen LogP contribution >= 0.6 is 0 Å². The van der Waals surface area contributed by atoms with Crippen LogP contribution in [0.3, 0.4) is 0 Å². The van der Waals surface area contributed by atoms with Crippen molar-refractivity contribution in [3.63, 3.8) is 0 Å². The molecule has 0 bridgehead atoms. The number of benzene rings is 1. The van der Waals surface area contributed by atoms with Gasteiger partial charge < -0.3 is 10.2 Å². The lowest BCUT2D eigenvalue weighted by atomic mass is 9.67. The fourth-order valence-electron chi connectivity index (χ4n) is 3.08. The van der Waals surface area contributed by atoms with Crippen LogP contribution in [0.2, 0.25) is 0 Å². The van der Waals surface area contributed by atoms with Crippen LogP contribution in [0.15, 0.2) is 23.8 Å². The minimum absolute atomic E-state index is 0.0130. The lowest BCUT2D eigenvalue weighted by Gasteiger charge is -2.33. The number of phenolic OH excluding ortho intramolecular Hbond substituents is 2. The molecule has 1 aromatic carbocycles. The highest BCUT2D eigenvalue weighted by atomic mass is 16.3. The van der Waals surface area contributed by atoms with Crippen LogP contribution in [0.5, 0.6) is 11.5 Å². The third-order valence-corrected chi connectivity index (χ3v) is 4.08. The molecule has 0 aromatic heterocycles. The summed E-state index contributed by atoms with van der Waals surface area (Å²) >= 11 is 0. The average molecular weight is 258 g/mol. The molecule has 0 amide bonds. The number of allylic oxidation sites excluding steroid dienone is 2. The molecule has 19 heavy (non-hydrogen) atoms. The zero-order valence-electron chi connectivity index (χ0n) is 10.5. The minimum atomic E-state index is -0.406. The van der Waals surface area contributed by atoms with Crippen molar-refractivity contribution in [3.8, 4) is 11.5 Å². The summed E-state index contributed by atoms with van der Waals surface area (Å²) in [6.45, 7) is 1.94. The lowest BCUT2D eigenvalue weighted by molar-refractivity contribution is 0.0719. The highest BCUT2D eigenvalue weighted by Crippen LogP contribution is 2.44. The molecular weight excluding hydrogens is 244 g/mol. The molecule has 4 nitrogen and oxygen atoms in total. The van der Waals surface area contributed by atoms with E-state index in [1.54, 1.807) is 0 Å². The van der Waals surface area contributed by atoms with Crippen molar-refractivity contribution in [2.75, 3.05) is 0 Å². The molecule has 2 atom stereocenters. The highest BCUT2D eigenvalue weighted by Gasteiger charge is 2.44. The number of hydrogen-bond acceptors (Lipinski definition) is 4. The molecule has 0 saturated carbocycles. The molecule has 2 aliphatic rings. The van der Waals surface area contributed by atoms with E-state index in [-0.39, 0.29) is 34.2 Å². The molecule has 3 rings (SSSR count). The summed E-state index contributed by atoms with van der Waals surface area (Å²) in [5.41, 5.74) is 1.06. The first-order valence-corrected chi connectivity index (χ1v) is 6.29. The number of hydrogen-bond donors (Lipinski definition) is 2. The molecule has 4 heteroatoms. The molecular formula is C15H14O4. The zero-order chi connectivity index (χ0) is 13.7. The monoisotopic (exact) mass is 258 g/mol. The van der Waals surface area contributed by atoms with Gasteiger partial charge in [-0.05, 0) is 31.9 Å². The van der Waals surface area contributed by atoms with Gasteiger partial charge in [0.1, 0.15) is 11.5 Å². The van der Waals surface area contributed by atoms with E-state index >= 15 is 0 Å². The van der Waals surface area contributed by atoms with E-state index in [0.717, 1.165) is 5.57 Å². The first kappa shape index (κ1) is 12.0.